The van der Waals surface area contributed by atoms with Crippen molar-refractivity contribution in [1.29, 1.82) is 0 Å². The van der Waals surface area contributed by atoms with Crippen molar-refractivity contribution in [2.24, 2.45) is 0 Å². The molecule has 0 heterocycles. The largest absolute Gasteiger partial charge is 1.00 e. The van der Waals surface area contributed by atoms with Crippen LogP contribution in [0, 0.1) is 0 Å². The van der Waals surface area contributed by atoms with Crippen molar-refractivity contribution in [3.05, 3.63) is 77.9 Å². The van der Waals surface area contributed by atoms with Crippen LogP contribution in [0.15, 0.2) is 71.6 Å². The molecule has 3 rings (SSSR count). The van der Waals surface area contributed by atoms with Crippen LogP contribution in [0.5, 0.6) is 0 Å². The Morgan fingerprint density at radius 1 is 0.818 bits per heavy atom. The molecule has 3 aromatic carbocycles. The van der Waals surface area contributed by atoms with E-state index in [1.165, 1.54) is 6.07 Å². The summed E-state index contributed by atoms with van der Waals surface area (Å²) in [5.74, 6) is 0. The number of benzene rings is 3. The maximum Gasteiger partial charge on any atom is 1.00 e. The first kappa shape index (κ1) is 17.2. The van der Waals surface area contributed by atoms with Crippen LogP contribution in [0.4, 0.5) is 0 Å². The van der Waals surface area contributed by atoms with Crippen molar-refractivity contribution in [2.75, 3.05) is 0 Å². The van der Waals surface area contributed by atoms with Crippen molar-refractivity contribution >= 4 is 20.9 Å². The molecular weight excluding hydrogens is 307 g/mol. The SMILES string of the molecule is O=S(=O)(O)c1cccc2c(Cc3ccccc3)cccc12.[H-].[Na+]. The Hall–Kier alpha value is -1.17. The van der Waals surface area contributed by atoms with Gasteiger partial charge in [0.05, 0.1) is 0 Å². The predicted molar refractivity (Wildman–Crippen MR) is 84.1 cm³/mol. The molecule has 0 saturated heterocycles. The predicted octanol–water partition coefficient (Wildman–Crippen LogP) is 0.794. The quantitative estimate of drug-likeness (QED) is 0.573. The topological polar surface area (TPSA) is 54.4 Å². The van der Waals surface area contributed by atoms with E-state index < -0.39 is 10.1 Å². The van der Waals surface area contributed by atoms with Gasteiger partial charge in [0, 0.05) is 5.39 Å². The third-order valence-electron chi connectivity index (χ3n) is 3.49. The molecule has 5 heteroatoms. The van der Waals surface area contributed by atoms with Crippen LogP contribution < -0.4 is 29.6 Å². The van der Waals surface area contributed by atoms with Crippen LogP contribution in [0.3, 0.4) is 0 Å². The van der Waals surface area contributed by atoms with Gasteiger partial charge in [-0.3, -0.25) is 4.55 Å². The van der Waals surface area contributed by atoms with Crippen molar-refractivity contribution in [2.45, 2.75) is 11.3 Å². The molecule has 0 fully saturated rings. The summed E-state index contributed by atoms with van der Waals surface area (Å²) < 4.78 is 32.3. The first-order valence-electron chi connectivity index (χ1n) is 6.58. The minimum Gasteiger partial charge on any atom is -1.00 e. The summed E-state index contributed by atoms with van der Waals surface area (Å²) >= 11 is 0. The van der Waals surface area contributed by atoms with Crippen LogP contribution in [0.25, 0.3) is 10.8 Å². The van der Waals surface area contributed by atoms with E-state index in [9.17, 15) is 13.0 Å². The molecule has 0 amide bonds. The van der Waals surface area contributed by atoms with Crippen molar-refractivity contribution in [3.63, 3.8) is 0 Å². The summed E-state index contributed by atoms with van der Waals surface area (Å²) in [5.41, 5.74) is 2.19. The fraction of sp³-hybridized carbons (Fsp3) is 0.0588. The molecule has 108 valence electrons. The number of fused-ring (bicyclic) bond motifs is 1. The molecule has 1 N–H and O–H groups in total. The second-order valence-corrected chi connectivity index (χ2v) is 6.30. The summed E-state index contributed by atoms with van der Waals surface area (Å²) in [6.45, 7) is 0. The molecule has 0 aliphatic heterocycles. The van der Waals surface area contributed by atoms with Gasteiger partial charge in [-0.15, -0.1) is 0 Å². The number of hydrogen-bond donors (Lipinski definition) is 1. The maximum atomic E-state index is 11.5. The van der Waals surface area contributed by atoms with Crippen LogP contribution in [-0.4, -0.2) is 13.0 Å². The molecule has 0 radical (unpaired) electrons. The van der Waals surface area contributed by atoms with Crippen LogP contribution in [0.1, 0.15) is 12.6 Å². The summed E-state index contributed by atoms with van der Waals surface area (Å²) in [6.07, 6.45) is 0.715. The third kappa shape index (κ3) is 3.59. The fourth-order valence-electron chi connectivity index (χ4n) is 2.54. The minimum atomic E-state index is -4.22. The molecule has 0 bridgehead atoms. The Morgan fingerprint density at radius 2 is 1.45 bits per heavy atom. The molecular formula is C17H15NaO3S. The van der Waals surface area contributed by atoms with E-state index in [1.807, 2.05) is 48.5 Å². The molecule has 0 aromatic heterocycles. The maximum absolute atomic E-state index is 11.5. The van der Waals surface area contributed by atoms with E-state index in [4.69, 9.17) is 0 Å². The summed E-state index contributed by atoms with van der Waals surface area (Å²) in [4.78, 5) is -0.0464. The van der Waals surface area contributed by atoms with Gasteiger partial charge >= 0.3 is 29.6 Å². The molecule has 22 heavy (non-hydrogen) atoms. The van der Waals surface area contributed by atoms with Gasteiger partial charge in [-0.2, -0.15) is 8.42 Å². The van der Waals surface area contributed by atoms with E-state index >= 15 is 0 Å². The van der Waals surface area contributed by atoms with Crippen molar-refractivity contribution < 1.29 is 44.0 Å². The van der Waals surface area contributed by atoms with E-state index in [1.54, 1.807) is 12.1 Å². The Kier molecular flexibility index (Phi) is 5.42. The molecule has 3 aromatic rings. The van der Waals surface area contributed by atoms with Gasteiger partial charge in [-0.05, 0) is 29.0 Å². The van der Waals surface area contributed by atoms with Crippen LogP contribution in [0.2, 0.25) is 0 Å². The Labute approximate surface area is 153 Å². The summed E-state index contributed by atoms with van der Waals surface area (Å²) in [6, 6.07) is 20.4. The van der Waals surface area contributed by atoms with Crippen molar-refractivity contribution in [1.82, 2.24) is 0 Å². The fourth-order valence-corrected chi connectivity index (χ4v) is 3.25. The summed E-state index contributed by atoms with van der Waals surface area (Å²) in [5, 5.41) is 1.39. The van der Waals surface area contributed by atoms with Gasteiger partial charge in [0.15, 0.2) is 0 Å². The van der Waals surface area contributed by atoms with Crippen LogP contribution >= 0.6 is 0 Å². The Morgan fingerprint density at radius 3 is 2.14 bits per heavy atom. The van der Waals surface area contributed by atoms with Gasteiger partial charge in [0.1, 0.15) is 4.90 Å². The average Bonchev–Trinajstić information content (AvgIpc) is 2.47. The zero-order chi connectivity index (χ0) is 14.9. The molecule has 0 atom stereocenters. The van der Waals surface area contributed by atoms with Gasteiger partial charge < -0.3 is 1.43 Å². The standard InChI is InChI=1S/C17H14O3S.Na.H/c18-21(19,20)17-11-5-9-15-14(8-4-10-16(15)17)12-13-6-2-1-3-7-13;;/h1-11H,12H2,(H,18,19,20);;/q;+1;-1. The van der Waals surface area contributed by atoms with E-state index in [0.29, 0.717) is 11.8 Å². The molecule has 0 aliphatic carbocycles. The second-order valence-electron chi connectivity index (χ2n) is 4.91. The molecule has 0 spiro atoms. The first-order chi connectivity index (χ1) is 10.1. The summed E-state index contributed by atoms with van der Waals surface area (Å²) in [7, 11) is -4.22. The van der Waals surface area contributed by atoms with Crippen molar-refractivity contribution in [3.8, 4) is 0 Å². The number of hydrogen-bond acceptors (Lipinski definition) is 2. The Balaban J connectivity index is 0.00000132. The molecule has 3 nitrogen and oxygen atoms in total. The van der Waals surface area contributed by atoms with Gasteiger partial charge in [0.25, 0.3) is 10.1 Å². The zero-order valence-electron chi connectivity index (χ0n) is 13.2. The third-order valence-corrected chi connectivity index (χ3v) is 4.40. The molecule has 0 saturated carbocycles. The van der Waals surface area contributed by atoms with Gasteiger partial charge in [0.2, 0.25) is 0 Å². The average molecular weight is 322 g/mol. The monoisotopic (exact) mass is 322 g/mol. The first-order valence-corrected chi connectivity index (χ1v) is 8.02. The van der Waals surface area contributed by atoms with Gasteiger partial charge in [-0.25, -0.2) is 0 Å². The number of rotatable bonds is 3. The van der Waals surface area contributed by atoms with E-state index in [-0.39, 0.29) is 35.9 Å². The minimum absolute atomic E-state index is 0. The van der Waals surface area contributed by atoms with E-state index in [2.05, 4.69) is 0 Å². The zero-order valence-corrected chi connectivity index (χ0v) is 15.0. The molecule has 0 aliphatic rings. The smallest absolute Gasteiger partial charge is 1.00 e. The van der Waals surface area contributed by atoms with Gasteiger partial charge in [-0.1, -0.05) is 60.7 Å². The van der Waals surface area contributed by atoms with Crippen LogP contribution in [-0.2, 0) is 16.5 Å². The van der Waals surface area contributed by atoms with E-state index in [0.717, 1.165) is 16.5 Å². The second kappa shape index (κ2) is 6.94. The Bertz CT molecular complexity index is 896. The molecule has 0 unspecified atom stereocenters. The normalized spacial score (nSPS) is 11.1.